The zero-order valence-corrected chi connectivity index (χ0v) is 12.0. The number of pyridine rings is 1. The van der Waals surface area contributed by atoms with Crippen LogP contribution in [0.3, 0.4) is 0 Å². The molecule has 0 atom stereocenters. The Kier molecular flexibility index (Phi) is 5.35. The summed E-state index contributed by atoms with van der Waals surface area (Å²) in [5.74, 6) is -3.12. The minimum Gasteiger partial charge on any atom is -0.477 e. The molecule has 1 amide bonds. The lowest BCUT2D eigenvalue weighted by molar-refractivity contribution is -0.0506. The number of hydrogen-bond acceptors (Lipinski definition) is 4. The number of rotatable bonds is 6. The molecule has 0 unspecified atom stereocenters. The van der Waals surface area contributed by atoms with Crippen LogP contribution in [-0.4, -0.2) is 28.6 Å². The van der Waals surface area contributed by atoms with Crippen molar-refractivity contribution in [2.45, 2.75) is 13.2 Å². The van der Waals surface area contributed by atoms with Crippen molar-refractivity contribution in [2.75, 3.05) is 0 Å². The number of halogens is 3. The first kappa shape index (κ1) is 17.3. The highest BCUT2D eigenvalue weighted by atomic mass is 19.3. The SMILES string of the molecule is O=C(NCc1c(F)cccc1OC(F)F)c1ccc(C(=O)O)nc1. The Labute approximate surface area is 133 Å². The van der Waals surface area contributed by atoms with Crippen LogP contribution < -0.4 is 10.1 Å². The molecule has 1 aromatic carbocycles. The largest absolute Gasteiger partial charge is 0.477 e. The summed E-state index contributed by atoms with van der Waals surface area (Å²) in [5, 5.41) is 11.0. The second kappa shape index (κ2) is 7.44. The van der Waals surface area contributed by atoms with Gasteiger partial charge in [0.25, 0.3) is 5.91 Å². The van der Waals surface area contributed by atoms with Crippen LogP contribution >= 0.6 is 0 Å². The number of carbonyl (C=O) groups excluding carboxylic acids is 1. The van der Waals surface area contributed by atoms with E-state index in [9.17, 15) is 22.8 Å². The average Bonchev–Trinajstić information content (AvgIpc) is 2.53. The van der Waals surface area contributed by atoms with E-state index < -0.39 is 30.8 Å². The highest BCUT2D eigenvalue weighted by Crippen LogP contribution is 2.23. The molecule has 0 radical (unpaired) electrons. The van der Waals surface area contributed by atoms with Crippen molar-refractivity contribution in [3.8, 4) is 5.75 Å². The highest BCUT2D eigenvalue weighted by molar-refractivity contribution is 5.94. The van der Waals surface area contributed by atoms with Gasteiger partial charge in [0.15, 0.2) is 0 Å². The summed E-state index contributed by atoms with van der Waals surface area (Å²) in [5.41, 5.74) is -0.442. The first-order valence-corrected chi connectivity index (χ1v) is 6.58. The molecule has 6 nitrogen and oxygen atoms in total. The third kappa shape index (κ3) is 4.22. The van der Waals surface area contributed by atoms with Crippen LogP contribution in [-0.2, 0) is 6.54 Å². The average molecular weight is 340 g/mol. The van der Waals surface area contributed by atoms with Gasteiger partial charge in [-0.25, -0.2) is 14.2 Å². The number of carboxylic acid groups (broad SMARTS) is 1. The quantitative estimate of drug-likeness (QED) is 0.843. The zero-order valence-electron chi connectivity index (χ0n) is 12.0. The Bertz CT molecular complexity index is 751. The molecular formula is C15H11F3N2O4. The summed E-state index contributed by atoms with van der Waals surface area (Å²) in [6.07, 6.45) is 1.04. The van der Waals surface area contributed by atoms with E-state index in [-0.39, 0.29) is 22.6 Å². The predicted octanol–water partition coefficient (Wildman–Crippen LogP) is 2.45. The number of alkyl halides is 2. The molecule has 9 heteroatoms. The summed E-state index contributed by atoms with van der Waals surface area (Å²) in [4.78, 5) is 26.2. The first-order valence-electron chi connectivity index (χ1n) is 6.58. The Morgan fingerprint density at radius 3 is 2.58 bits per heavy atom. The normalized spacial score (nSPS) is 10.5. The number of nitrogens with zero attached hydrogens (tertiary/aromatic N) is 1. The molecular weight excluding hydrogens is 329 g/mol. The lowest BCUT2D eigenvalue weighted by Crippen LogP contribution is -2.24. The molecule has 1 aromatic heterocycles. The van der Waals surface area contributed by atoms with Crippen LogP contribution in [0, 0.1) is 5.82 Å². The number of nitrogens with one attached hydrogen (secondary N) is 1. The van der Waals surface area contributed by atoms with Gasteiger partial charge in [0.05, 0.1) is 5.56 Å². The molecule has 2 aromatic rings. The standard InChI is InChI=1S/C15H11F3N2O4/c16-10-2-1-3-12(24-15(17)18)9(10)7-20-13(21)8-4-5-11(14(22)23)19-6-8/h1-6,15H,7H2,(H,20,21)(H,22,23). The molecule has 0 spiro atoms. The Hall–Kier alpha value is -3.10. The molecule has 24 heavy (non-hydrogen) atoms. The maximum absolute atomic E-state index is 13.7. The van der Waals surface area contributed by atoms with Gasteiger partial charge in [0.1, 0.15) is 17.3 Å². The fourth-order valence-electron chi connectivity index (χ4n) is 1.84. The molecule has 0 aliphatic heterocycles. The molecule has 0 bridgehead atoms. The molecule has 126 valence electrons. The number of hydrogen-bond donors (Lipinski definition) is 2. The number of aromatic carboxylic acids is 1. The van der Waals surface area contributed by atoms with Crippen LogP contribution in [0.5, 0.6) is 5.75 Å². The van der Waals surface area contributed by atoms with Gasteiger partial charge in [-0.2, -0.15) is 8.78 Å². The molecule has 0 fully saturated rings. The maximum Gasteiger partial charge on any atom is 0.387 e. The Balaban J connectivity index is 2.10. The van der Waals surface area contributed by atoms with Gasteiger partial charge in [0.2, 0.25) is 0 Å². The molecule has 0 saturated carbocycles. The first-order chi connectivity index (χ1) is 11.4. The van der Waals surface area contributed by atoms with Gasteiger partial charge in [0, 0.05) is 18.3 Å². The molecule has 0 aliphatic carbocycles. The van der Waals surface area contributed by atoms with Gasteiger partial charge in [-0.15, -0.1) is 0 Å². The van der Waals surface area contributed by atoms with Crippen LogP contribution in [0.2, 0.25) is 0 Å². The second-order valence-corrected chi connectivity index (χ2v) is 4.51. The van der Waals surface area contributed by atoms with Crippen molar-refractivity contribution in [3.05, 3.63) is 59.2 Å². The van der Waals surface area contributed by atoms with Gasteiger partial charge >= 0.3 is 12.6 Å². The fraction of sp³-hybridized carbons (Fsp3) is 0.133. The minimum atomic E-state index is -3.13. The summed E-state index contributed by atoms with van der Waals surface area (Å²) in [6.45, 7) is -3.53. The molecule has 0 aliphatic rings. The molecule has 1 heterocycles. The van der Waals surface area contributed by atoms with E-state index in [0.29, 0.717) is 0 Å². The highest BCUT2D eigenvalue weighted by Gasteiger charge is 2.15. The van der Waals surface area contributed by atoms with Crippen molar-refractivity contribution in [2.24, 2.45) is 0 Å². The van der Waals surface area contributed by atoms with Crippen LogP contribution in [0.1, 0.15) is 26.4 Å². The number of ether oxygens (including phenoxy) is 1. The van der Waals surface area contributed by atoms with Gasteiger partial charge in [-0.05, 0) is 24.3 Å². The molecule has 2 N–H and O–H groups in total. The summed E-state index contributed by atoms with van der Waals surface area (Å²) in [6, 6.07) is 5.76. The van der Waals surface area contributed by atoms with E-state index in [0.717, 1.165) is 24.4 Å². The van der Waals surface area contributed by atoms with E-state index in [1.165, 1.54) is 12.1 Å². The topological polar surface area (TPSA) is 88.5 Å². The van der Waals surface area contributed by atoms with E-state index in [1.807, 2.05) is 0 Å². The monoisotopic (exact) mass is 340 g/mol. The summed E-state index contributed by atoms with van der Waals surface area (Å²) >= 11 is 0. The zero-order chi connectivity index (χ0) is 17.7. The Morgan fingerprint density at radius 2 is 2.00 bits per heavy atom. The van der Waals surface area contributed by atoms with Crippen LogP contribution in [0.15, 0.2) is 36.5 Å². The predicted molar refractivity (Wildman–Crippen MR) is 75.4 cm³/mol. The van der Waals surface area contributed by atoms with E-state index in [1.54, 1.807) is 0 Å². The van der Waals surface area contributed by atoms with Crippen molar-refractivity contribution in [3.63, 3.8) is 0 Å². The second-order valence-electron chi connectivity index (χ2n) is 4.51. The van der Waals surface area contributed by atoms with Crippen molar-refractivity contribution in [1.29, 1.82) is 0 Å². The maximum atomic E-state index is 13.7. The summed E-state index contributed by atoms with van der Waals surface area (Å²) in [7, 11) is 0. The van der Waals surface area contributed by atoms with Crippen molar-refractivity contribution >= 4 is 11.9 Å². The van der Waals surface area contributed by atoms with Crippen LogP contribution in [0.4, 0.5) is 13.2 Å². The van der Waals surface area contributed by atoms with E-state index in [2.05, 4.69) is 15.0 Å². The summed E-state index contributed by atoms with van der Waals surface area (Å²) < 4.78 is 42.6. The number of carboxylic acids is 1. The number of carbonyl (C=O) groups is 2. The fourth-order valence-corrected chi connectivity index (χ4v) is 1.84. The van der Waals surface area contributed by atoms with E-state index >= 15 is 0 Å². The van der Waals surface area contributed by atoms with Crippen LogP contribution in [0.25, 0.3) is 0 Å². The molecule has 0 saturated heterocycles. The third-order valence-electron chi connectivity index (χ3n) is 2.96. The van der Waals surface area contributed by atoms with E-state index in [4.69, 9.17) is 5.11 Å². The van der Waals surface area contributed by atoms with Crippen molar-refractivity contribution in [1.82, 2.24) is 10.3 Å². The Morgan fingerprint density at radius 1 is 1.25 bits per heavy atom. The minimum absolute atomic E-state index is 0.0349. The third-order valence-corrected chi connectivity index (χ3v) is 2.96. The number of benzene rings is 1. The van der Waals surface area contributed by atoms with Gasteiger partial charge in [-0.3, -0.25) is 4.79 Å². The number of amides is 1. The van der Waals surface area contributed by atoms with Gasteiger partial charge in [-0.1, -0.05) is 6.07 Å². The van der Waals surface area contributed by atoms with Gasteiger partial charge < -0.3 is 15.2 Å². The number of aromatic nitrogens is 1. The lowest BCUT2D eigenvalue weighted by Gasteiger charge is -2.12. The lowest BCUT2D eigenvalue weighted by atomic mass is 10.1. The van der Waals surface area contributed by atoms with Crippen molar-refractivity contribution < 1.29 is 32.6 Å². The smallest absolute Gasteiger partial charge is 0.387 e. The molecule has 2 rings (SSSR count).